The number of benzene rings is 1. The average Bonchev–Trinajstić information content (AvgIpc) is 2.50. The third kappa shape index (κ3) is 5.51. The average molecular weight is 279 g/mol. The number of nitrogens with one attached hydrogen (secondary N) is 1. The summed E-state index contributed by atoms with van der Waals surface area (Å²) in [5.74, 6) is 0.915. The summed E-state index contributed by atoms with van der Waals surface area (Å²) in [7, 11) is 1.70. The van der Waals surface area contributed by atoms with Crippen LogP contribution in [0.5, 0.6) is 5.75 Å². The molecule has 1 aromatic rings. The largest absolute Gasteiger partial charge is 0.497 e. The van der Waals surface area contributed by atoms with E-state index >= 15 is 0 Å². The quantitative estimate of drug-likeness (QED) is 0.712. The lowest BCUT2D eigenvalue weighted by Crippen LogP contribution is -2.41. The predicted octanol–water partition coefficient (Wildman–Crippen LogP) is 3.42. The third-order valence-corrected chi connectivity index (χ3v) is 3.60. The molecule has 3 nitrogen and oxygen atoms in total. The minimum atomic E-state index is 0.304. The fourth-order valence-corrected chi connectivity index (χ4v) is 2.53. The van der Waals surface area contributed by atoms with Gasteiger partial charge in [0.05, 0.1) is 13.2 Å². The molecule has 0 aliphatic carbocycles. The van der Waals surface area contributed by atoms with Gasteiger partial charge in [0.25, 0.3) is 0 Å². The Morgan fingerprint density at radius 1 is 1.10 bits per heavy atom. The van der Waals surface area contributed by atoms with Crippen LogP contribution in [0.2, 0.25) is 0 Å². The van der Waals surface area contributed by atoms with Gasteiger partial charge in [-0.1, -0.05) is 26.0 Å². The normalized spacial score (nSPS) is 14.0. The van der Waals surface area contributed by atoms with Gasteiger partial charge in [-0.25, -0.2) is 0 Å². The van der Waals surface area contributed by atoms with Crippen molar-refractivity contribution in [2.75, 3.05) is 20.3 Å². The molecule has 0 amide bonds. The van der Waals surface area contributed by atoms with Gasteiger partial charge in [0, 0.05) is 12.6 Å². The summed E-state index contributed by atoms with van der Waals surface area (Å²) in [5.41, 5.74) is 1.35. The minimum absolute atomic E-state index is 0.304. The number of aryl methyl sites for hydroxylation is 1. The second-order valence-electron chi connectivity index (χ2n) is 4.95. The molecule has 0 heterocycles. The van der Waals surface area contributed by atoms with Crippen LogP contribution in [0, 0.1) is 0 Å². The highest BCUT2D eigenvalue weighted by Gasteiger charge is 2.19. The van der Waals surface area contributed by atoms with Crippen molar-refractivity contribution in [2.45, 2.75) is 52.2 Å². The zero-order valence-electron chi connectivity index (χ0n) is 13.3. The highest BCUT2D eigenvalue weighted by molar-refractivity contribution is 5.27. The number of likely N-dealkylation sites (N-methyl/N-ethyl adjacent to an activating group) is 1. The molecule has 0 saturated heterocycles. The molecule has 0 aromatic heterocycles. The van der Waals surface area contributed by atoms with E-state index in [-0.39, 0.29) is 0 Å². The smallest absolute Gasteiger partial charge is 0.118 e. The summed E-state index contributed by atoms with van der Waals surface area (Å²) < 4.78 is 11.0. The van der Waals surface area contributed by atoms with Gasteiger partial charge >= 0.3 is 0 Å². The van der Waals surface area contributed by atoms with Crippen molar-refractivity contribution < 1.29 is 9.47 Å². The molecule has 0 spiro atoms. The molecule has 0 fully saturated rings. The van der Waals surface area contributed by atoms with Crippen molar-refractivity contribution in [3.8, 4) is 5.75 Å². The van der Waals surface area contributed by atoms with Gasteiger partial charge in [-0.05, 0) is 50.4 Å². The van der Waals surface area contributed by atoms with Crippen LogP contribution >= 0.6 is 0 Å². The third-order valence-electron chi connectivity index (χ3n) is 3.60. The molecule has 3 heteroatoms. The van der Waals surface area contributed by atoms with Crippen molar-refractivity contribution in [1.29, 1.82) is 0 Å². The monoisotopic (exact) mass is 279 g/mol. The second-order valence-corrected chi connectivity index (χ2v) is 4.95. The van der Waals surface area contributed by atoms with E-state index in [0.29, 0.717) is 12.1 Å². The molecule has 114 valence electrons. The Morgan fingerprint density at radius 2 is 1.80 bits per heavy atom. The van der Waals surface area contributed by atoms with Gasteiger partial charge in [-0.2, -0.15) is 0 Å². The fraction of sp³-hybridized carbons (Fsp3) is 0.647. The Morgan fingerprint density at radius 3 is 2.30 bits per heavy atom. The molecule has 0 saturated carbocycles. The highest BCUT2D eigenvalue weighted by atomic mass is 16.5. The lowest BCUT2D eigenvalue weighted by Gasteiger charge is -2.27. The van der Waals surface area contributed by atoms with E-state index in [1.165, 1.54) is 5.56 Å². The summed E-state index contributed by atoms with van der Waals surface area (Å²) in [6, 6.07) is 8.76. The Bertz CT molecular complexity index is 351. The van der Waals surface area contributed by atoms with Crippen molar-refractivity contribution in [1.82, 2.24) is 5.32 Å². The first-order valence-corrected chi connectivity index (χ1v) is 7.73. The summed E-state index contributed by atoms with van der Waals surface area (Å²) in [5, 5.41) is 3.56. The number of ether oxygens (including phenoxy) is 2. The van der Waals surface area contributed by atoms with Crippen LogP contribution < -0.4 is 10.1 Å². The van der Waals surface area contributed by atoms with E-state index in [1.54, 1.807) is 7.11 Å². The van der Waals surface area contributed by atoms with E-state index in [4.69, 9.17) is 9.47 Å². The first kappa shape index (κ1) is 17.0. The Balaban J connectivity index is 2.55. The standard InChI is InChI=1S/C17H29NO2/c1-5-17(20-7-3)16(18-6-2)13-10-14-8-11-15(19-4)12-9-14/h8-9,11-12,16-18H,5-7,10,13H2,1-4H3. The second kappa shape index (κ2) is 9.78. The van der Waals surface area contributed by atoms with Crippen LogP contribution in [0.15, 0.2) is 24.3 Å². The Hall–Kier alpha value is -1.06. The molecule has 0 aliphatic heterocycles. The lowest BCUT2D eigenvalue weighted by atomic mass is 9.99. The molecular weight excluding hydrogens is 250 g/mol. The molecule has 1 rings (SSSR count). The Kier molecular flexibility index (Phi) is 8.31. The molecular formula is C17H29NO2. The van der Waals surface area contributed by atoms with E-state index in [1.807, 2.05) is 12.1 Å². The van der Waals surface area contributed by atoms with Crippen LogP contribution in [0.4, 0.5) is 0 Å². The van der Waals surface area contributed by atoms with E-state index in [0.717, 1.165) is 38.2 Å². The Labute approximate surface area is 123 Å². The molecule has 2 atom stereocenters. The number of hydrogen-bond acceptors (Lipinski definition) is 3. The van der Waals surface area contributed by atoms with Gasteiger partial charge in [-0.3, -0.25) is 0 Å². The molecule has 1 N–H and O–H groups in total. The van der Waals surface area contributed by atoms with Gasteiger partial charge in [0.15, 0.2) is 0 Å². The van der Waals surface area contributed by atoms with Gasteiger partial charge < -0.3 is 14.8 Å². The van der Waals surface area contributed by atoms with Crippen molar-refractivity contribution in [3.63, 3.8) is 0 Å². The summed E-state index contributed by atoms with van der Waals surface area (Å²) >= 11 is 0. The molecule has 20 heavy (non-hydrogen) atoms. The maximum Gasteiger partial charge on any atom is 0.118 e. The van der Waals surface area contributed by atoms with Crippen LogP contribution in [0.1, 0.15) is 39.2 Å². The minimum Gasteiger partial charge on any atom is -0.497 e. The van der Waals surface area contributed by atoms with Crippen LogP contribution in [0.25, 0.3) is 0 Å². The highest BCUT2D eigenvalue weighted by Crippen LogP contribution is 2.15. The van der Waals surface area contributed by atoms with E-state index < -0.39 is 0 Å². The molecule has 0 aliphatic rings. The first-order chi connectivity index (χ1) is 9.74. The van der Waals surface area contributed by atoms with Crippen molar-refractivity contribution in [3.05, 3.63) is 29.8 Å². The van der Waals surface area contributed by atoms with Crippen LogP contribution in [-0.2, 0) is 11.2 Å². The molecule has 0 radical (unpaired) electrons. The van der Waals surface area contributed by atoms with Gasteiger partial charge in [0.1, 0.15) is 5.75 Å². The topological polar surface area (TPSA) is 30.5 Å². The van der Waals surface area contributed by atoms with Crippen molar-refractivity contribution >= 4 is 0 Å². The summed E-state index contributed by atoms with van der Waals surface area (Å²) in [4.78, 5) is 0. The lowest BCUT2D eigenvalue weighted by molar-refractivity contribution is 0.0301. The van der Waals surface area contributed by atoms with Crippen LogP contribution in [-0.4, -0.2) is 32.4 Å². The van der Waals surface area contributed by atoms with Crippen molar-refractivity contribution in [2.24, 2.45) is 0 Å². The zero-order valence-corrected chi connectivity index (χ0v) is 13.3. The summed E-state index contributed by atoms with van der Waals surface area (Å²) in [6.07, 6.45) is 3.51. The zero-order chi connectivity index (χ0) is 14.8. The number of rotatable bonds is 10. The number of hydrogen-bond donors (Lipinski definition) is 1. The maximum absolute atomic E-state index is 5.85. The van der Waals surface area contributed by atoms with Gasteiger partial charge in [0.2, 0.25) is 0 Å². The van der Waals surface area contributed by atoms with Crippen LogP contribution in [0.3, 0.4) is 0 Å². The fourth-order valence-electron chi connectivity index (χ4n) is 2.53. The molecule has 0 bridgehead atoms. The maximum atomic E-state index is 5.85. The molecule has 1 aromatic carbocycles. The predicted molar refractivity (Wildman–Crippen MR) is 84.5 cm³/mol. The van der Waals surface area contributed by atoms with Gasteiger partial charge in [-0.15, -0.1) is 0 Å². The summed E-state index contributed by atoms with van der Waals surface area (Å²) in [6.45, 7) is 8.17. The number of methoxy groups -OCH3 is 1. The van der Waals surface area contributed by atoms with E-state index in [9.17, 15) is 0 Å². The first-order valence-electron chi connectivity index (χ1n) is 7.73. The SMILES string of the molecule is CCNC(CCc1ccc(OC)cc1)C(CC)OCC. The molecule has 2 unspecified atom stereocenters. The van der Waals surface area contributed by atoms with E-state index in [2.05, 4.69) is 38.2 Å².